The van der Waals surface area contributed by atoms with Gasteiger partial charge in [-0.05, 0) is 30.0 Å². The normalized spacial score (nSPS) is 20.0. The standard InChI is InChI=1S/C15H19FN2O3/c1-9(2)7-12-14(20)18(15(21)17-12)8-13(19)10-3-5-11(16)6-4-10/h3-6,9,12-13,19H,7-8H2,1-2H3,(H,17,21)/t12-,13+/m0/s1. The van der Waals surface area contributed by atoms with Crippen molar-refractivity contribution in [2.45, 2.75) is 32.4 Å². The molecule has 0 saturated carbocycles. The number of amides is 3. The zero-order chi connectivity index (χ0) is 15.6. The molecule has 2 rings (SSSR count). The third kappa shape index (κ3) is 3.58. The predicted molar refractivity (Wildman–Crippen MR) is 74.8 cm³/mol. The second-order valence-electron chi connectivity index (χ2n) is 5.65. The van der Waals surface area contributed by atoms with Crippen LogP contribution in [-0.4, -0.2) is 34.5 Å². The Morgan fingerprint density at radius 1 is 1.29 bits per heavy atom. The van der Waals surface area contributed by atoms with Gasteiger partial charge in [0.05, 0.1) is 12.6 Å². The number of nitrogens with zero attached hydrogens (tertiary/aromatic N) is 1. The Morgan fingerprint density at radius 3 is 2.48 bits per heavy atom. The number of carbonyl (C=O) groups excluding carboxylic acids is 2. The van der Waals surface area contributed by atoms with Gasteiger partial charge < -0.3 is 10.4 Å². The van der Waals surface area contributed by atoms with Crippen LogP contribution in [0.15, 0.2) is 24.3 Å². The van der Waals surface area contributed by atoms with Gasteiger partial charge in [-0.1, -0.05) is 26.0 Å². The van der Waals surface area contributed by atoms with Crippen molar-refractivity contribution in [3.63, 3.8) is 0 Å². The molecule has 1 heterocycles. The largest absolute Gasteiger partial charge is 0.387 e. The highest BCUT2D eigenvalue weighted by Gasteiger charge is 2.38. The van der Waals surface area contributed by atoms with Crippen LogP contribution in [0.3, 0.4) is 0 Å². The summed E-state index contributed by atoms with van der Waals surface area (Å²) in [6.45, 7) is 3.80. The van der Waals surface area contributed by atoms with Crippen molar-refractivity contribution in [1.82, 2.24) is 10.2 Å². The predicted octanol–water partition coefficient (Wildman–Crippen LogP) is 1.83. The molecule has 1 aliphatic heterocycles. The minimum absolute atomic E-state index is 0.134. The molecule has 1 aromatic rings. The number of benzene rings is 1. The van der Waals surface area contributed by atoms with Crippen molar-refractivity contribution in [2.24, 2.45) is 5.92 Å². The highest BCUT2D eigenvalue weighted by Crippen LogP contribution is 2.19. The molecule has 5 nitrogen and oxygen atoms in total. The number of carbonyl (C=O) groups is 2. The van der Waals surface area contributed by atoms with E-state index in [4.69, 9.17) is 0 Å². The van der Waals surface area contributed by atoms with Crippen LogP contribution in [0.4, 0.5) is 9.18 Å². The molecule has 2 atom stereocenters. The number of urea groups is 1. The molecule has 0 spiro atoms. The minimum Gasteiger partial charge on any atom is -0.387 e. The lowest BCUT2D eigenvalue weighted by molar-refractivity contribution is -0.128. The smallest absolute Gasteiger partial charge is 0.324 e. The van der Waals surface area contributed by atoms with Gasteiger partial charge in [0.2, 0.25) is 0 Å². The molecular weight excluding hydrogens is 275 g/mol. The quantitative estimate of drug-likeness (QED) is 0.814. The first-order valence-corrected chi connectivity index (χ1v) is 6.94. The monoisotopic (exact) mass is 294 g/mol. The van der Waals surface area contributed by atoms with E-state index >= 15 is 0 Å². The summed E-state index contributed by atoms with van der Waals surface area (Å²) in [5, 5.41) is 12.7. The summed E-state index contributed by atoms with van der Waals surface area (Å²) in [4.78, 5) is 25.0. The zero-order valence-corrected chi connectivity index (χ0v) is 12.0. The summed E-state index contributed by atoms with van der Waals surface area (Å²) in [7, 11) is 0. The first-order chi connectivity index (χ1) is 9.88. The van der Waals surface area contributed by atoms with Crippen LogP contribution in [0.5, 0.6) is 0 Å². The highest BCUT2D eigenvalue weighted by molar-refractivity contribution is 6.04. The topological polar surface area (TPSA) is 69.6 Å². The molecule has 0 aromatic heterocycles. The van der Waals surface area contributed by atoms with Crippen LogP contribution in [0.1, 0.15) is 31.9 Å². The summed E-state index contributed by atoms with van der Waals surface area (Å²) in [5.74, 6) is -0.450. The molecule has 6 heteroatoms. The summed E-state index contributed by atoms with van der Waals surface area (Å²) in [5.41, 5.74) is 0.462. The fourth-order valence-corrected chi connectivity index (χ4v) is 2.34. The fraction of sp³-hybridized carbons (Fsp3) is 0.467. The first-order valence-electron chi connectivity index (χ1n) is 6.94. The molecule has 1 aromatic carbocycles. The van der Waals surface area contributed by atoms with E-state index in [-0.39, 0.29) is 18.4 Å². The van der Waals surface area contributed by atoms with Gasteiger partial charge >= 0.3 is 6.03 Å². The third-order valence-corrected chi connectivity index (χ3v) is 3.42. The van der Waals surface area contributed by atoms with Crippen LogP contribution < -0.4 is 5.32 Å². The van der Waals surface area contributed by atoms with Crippen molar-refractivity contribution in [2.75, 3.05) is 6.54 Å². The van der Waals surface area contributed by atoms with Crippen molar-refractivity contribution in [3.8, 4) is 0 Å². The summed E-state index contributed by atoms with van der Waals surface area (Å²) < 4.78 is 12.8. The highest BCUT2D eigenvalue weighted by atomic mass is 19.1. The van der Waals surface area contributed by atoms with E-state index in [1.165, 1.54) is 24.3 Å². The van der Waals surface area contributed by atoms with Crippen molar-refractivity contribution >= 4 is 11.9 Å². The molecule has 114 valence electrons. The van der Waals surface area contributed by atoms with E-state index in [0.717, 1.165) is 4.90 Å². The molecule has 0 unspecified atom stereocenters. The Hall–Kier alpha value is -1.95. The molecule has 0 bridgehead atoms. The summed E-state index contributed by atoms with van der Waals surface area (Å²) in [6.07, 6.45) is -0.466. The maximum absolute atomic E-state index is 12.8. The Balaban J connectivity index is 2.03. The van der Waals surface area contributed by atoms with Gasteiger partial charge in [-0.3, -0.25) is 9.69 Å². The number of hydrogen-bond acceptors (Lipinski definition) is 3. The third-order valence-electron chi connectivity index (χ3n) is 3.42. The van der Waals surface area contributed by atoms with Crippen molar-refractivity contribution in [1.29, 1.82) is 0 Å². The van der Waals surface area contributed by atoms with Crippen LogP contribution in [0.2, 0.25) is 0 Å². The molecule has 1 saturated heterocycles. The van der Waals surface area contributed by atoms with Crippen LogP contribution in [0, 0.1) is 11.7 Å². The molecule has 2 N–H and O–H groups in total. The number of aliphatic hydroxyl groups excluding tert-OH is 1. The van der Waals surface area contributed by atoms with Gasteiger partial charge in [0.25, 0.3) is 5.91 Å². The maximum Gasteiger partial charge on any atom is 0.324 e. The Kier molecular flexibility index (Phi) is 4.57. The Bertz CT molecular complexity index is 530. The molecule has 3 amide bonds. The van der Waals surface area contributed by atoms with E-state index in [9.17, 15) is 19.1 Å². The lowest BCUT2D eigenvalue weighted by Crippen LogP contribution is -2.35. The SMILES string of the molecule is CC(C)C[C@@H]1NC(=O)N(C[C@@H](O)c2ccc(F)cc2)C1=O. The Morgan fingerprint density at radius 2 is 1.90 bits per heavy atom. The Labute approximate surface area is 122 Å². The number of aliphatic hydroxyl groups is 1. The van der Waals surface area contributed by atoms with Crippen LogP contribution in [0.25, 0.3) is 0 Å². The molecule has 21 heavy (non-hydrogen) atoms. The average Bonchev–Trinajstić information content (AvgIpc) is 2.66. The van der Waals surface area contributed by atoms with E-state index in [1.807, 2.05) is 13.8 Å². The van der Waals surface area contributed by atoms with E-state index < -0.39 is 24.0 Å². The number of rotatable bonds is 5. The number of nitrogens with one attached hydrogen (secondary N) is 1. The van der Waals surface area contributed by atoms with Gasteiger partial charge in [-0.2, -0.15) is 0 Å². The second-order valence-corrected chi connectivity index (χ2v) is 5.65. The second kappa shape index (κ2) is 6.22. The van der Waals surface area contributed by atoms with Crippen LogP contribution in [-0.2, 0) is 4.79 Å². The van der Waals surface area contributed by atoms with Gasteiger partial charge in [0.15, 0.2) is 0 Å². The number of imide groups is 1. The molecule has 0 radical (unpaired) electrons. The number of hydrogen-bond donors (Lipinski definition) is 2. The van der Waals surface area contributed by atoms with E-state index in [0.29, 0.717) is 12.0 Å². The molecular formula is C15H19FN2O3. The van der Waals surface area contributed by atoms with Gasteiger partial charge in [0, 0.05) is 0 Å². The fourth-order valence-electron chi connectivity index (χ4n) is 2.34. The van der Waals surface area contributed by atoms with Crippen molar-refractivity contribution < 1.29 is 19.1 Å². The lowest BCUT2D eigenvalue weighted by atomic mass is 10.0. The molecule has 1 fully saturated rings. The number of β-amino-alcohol motifs (C(OH)–C–C–N with tert-alkyl or cyclic N) is 1. The van der Waals surface area contributed by atoms with Gasteiger partial charge in [-0.15, -0.1) is 0 Å². The van der Waals surface area contributed by atoms with Gasteiger partial charge in [0.1, 0.15) is 11.9 Å². The van der Waals surface area contributed by atoms with Crippen LogP contribution >= 0.6 is 0 Å². The minimum atomic E-state index is -1.03. The molecule has 0 aliphatic carbocycles. The summed E-state index contributed by atoms with van der Waals surface area (Å²) >= 11 is 0. The number of halogens is 1. The zero-order valence-electron chi connectivity index (χ0n) is 12.0. The van der Waals surface area contributed by atoms with E-state index in [1.54, 1.807) is 0 Å². The van der Waals surface area contributed by atoms with Crippen molar-refractivity contribution in [3.05, 3.63) is 35.6 Å². The summed E-state index contributed by atoms with van der Waals surface area (Å²) in [6, 6.07) is 4.30. The average molecular weight is 294 g/mol. The van der Waals surface area contributed by atoms with E-state index in [2.05, 4.69) is 5.32 Å². The lowest BCUT2D eigenvalue weighted by Gasteiger charge is -2.18. The maximum atomic E-state index is 12.8. The van der Waals surface area contributed by atoms with Gasteiger partial charge in [-0.25, -0.2) is 9.18 Å². The molecule has 1 aliphatic rings. The first kappa shape index (κ1) is 15.4.